The maximum atomic E-state index is 13.2. The fourth-order valence-corrected chi connectivity index (χ4v) is 2.14. The van der Waals surface area contributed by atoms with Gasteiger partial charge in [0.15, 0.2) is 5.58 Å². The summed E-state index contributed by atoms with van der Waals surface area (Å²) in [7, 11) is 0. The minimum atomic E-state index is -0.426. The molecule has 0 saturated carbocycles. The Morgan fingerprint density at radius 3 is 2.84 bits per heavy atom. The second-order valence-electron chi connectivity index (χ2n) is 4.56. The Hall–Kier alpha value is -2.36. The molecule has 3 nitrogen and oxygen atoms in total. The van der Waals surface area contributed by atoms with Gasteiger partial charge >= 0.3 is 5.76 Å². The lowest BCUT2D eigenvalue weighted by atomic mass is 10.2. The van der Waals surface area contributed by atoms with Crippen molar-refractivity contribution in [3.05, 3.63) is 70.0 Å². The molecule has 1 heterocycles. The van der Waals surface area contributed by atoms with Crippen LogP contribution in [0, 0.1) is 12.7 Å². The second kappa shape index (κ2) is 4.39. The molecule has 0 aliphatic carbocycles. The zero-order chi connectivity index (χ0) is 13.4. The molecule has 0 amide bonds. The molecule has 0 unspecified atom stereocenters. The number of rotatable bonds is 2. The highest BCUT2D eigenvalue weighted by Gasteiger charge is 2.09. The number of benzene rings is 2. The van der Waals surface area contributed by atoms with Gasteiger partial charge in [-0.25, -0.2) is 9.18 Å². The molecule has 0 radical (unpaired) electrons. The minimum Gasteiger partial charge on any atom is -0.408 e. The van der Waals surface area contributed by atoms with Crippen LogP contribution in [-0.4, -0.2) is 4.57 Å². The van der Waals surface area contributed by atoms with E-state index >= 15 is 0 Å². The van der Waals surface area contributed by atoms with E-state index in [0.717, 1.165) is 16.6 Å². The summed E-state index contributed by atoms with van der Waals surface area (Å²) in [5, 5.41) is 0. The number of hydrogen-bond acceptors (Lipinski definition) is 2. The summed E-state index contributed by atoms with van der Waals surface area (Å²) >= 11 is 0. The van der Waals surface area contributed by atoms with Crippen molar-refractivity contribution in [1.82, 2.24) is 4.57 Å². The minimum absolute atomic E-state index is 0.299. The number of aromatic nitrogens is 1. The Balaban J connectivity index is 2.12. The molecular formula is C15H12FNO2. The summed E-state index contributed by atoms with van der Waals surface area (Å²) < 4.78 is 19.8. The number of fused-ring (bicyclic) bond motifs is 1. The third-order valence-corrected chi connectivity index (χ3v) is 3.05. The zero-order valence-corrected chi connectivity index (χ0v) is 10.4. The van der Waals surface area contributed by atoms with E-state index in [4.69, 9.17) is 4.42 Å². The molecule has 3 aromatic rings. The quantitative estimate of drug-likeness (QED) is 0.707. The van der Waals surface area contributed by atoms with Gasteiger partial charge in [-0.1, -0.05) is 18.2 Å². The average molecular weight is 257 g/mol. The van der Waals surface area contributed by atoms with Crippen LogP contribution in [0.15, 0.2) is 51.7 Å². The summed E-state index contributed by atoms with van der Waals surface area (Å²) in [6.07, 6.45) is 0. The van der Waals surface area contributed by atoms with E-state index in [2.05, 4.69) is 0 Å². The SMILES string of the molecule is Cc1ccc2oc(=O)n(Cc3cccc(F)c3)c2c1. The molecule has 0 spiro atoms. The predicted octanol–water partition coefficient (Wildman–Crippen LogP) is 3.09. The largest absolute Gasteiger partial charge is 0.420 e. The highest BCUT2D eigenvalue weighted by molar-refractivity contribution is 5.73. The van der Waals surface area contributed by atoms with Gasteiger partial charge in [-0.3, -0.25) is 4.57 Å². The molecule has 0 N–H and O–H groups in total. The van der Waals surface area contributed by atoms with E-state index in [-0.39, 0.29) is 5.82 Å². The van der Waals surface area contributed by atoms with Crippen LogP contribution in [0.5, 0.6) is 0 Å². The average Bonchev–Trinajstić information content (AvgIpc) is 2.66. The van der Waals surface area contributed by atoms with Gasteiger partial charge in [0.25, 0.3) is 0 Å². The Labute approximate surface area is 108 Å². The number of halogens is 1. The van der Waals surface area contributed by atoms with E-state index in [1.165, 1.54) is 16.7 Å². The first-order valence-corrected chi connectivity index (χ1v) is 5.98. The van der Waals surface area contributed by atoms with Gasteiger partial charge < -0.3 is 4.42 Å². The highest BCUT2D eigenvalue weighted by Crippen LogP contribution is 2.16. The molecule has 0 atom stereocenters. The molecule has 2 aromatic carbocycles. The summed E-state index contributed by atoms with van der Waals surface area (Å²) in [6, 6.07) is 11.8. The van der Waals surface area contributed by atoms with Crippen LogP contribution < -0.4 is 5.76 Å². The van der Waals surface area contributed by atoms with Gasteiger partial charge in [0.1, 0.15) is 5.82 Å². The second-order valence-corrected chi connectivity index (χ2v) is 4.56. The molecule has 3 rings (SSSR count). The number of nitrogens with zero attached hydrogens (tertiary/aromatic N) is 1. The Morgan fingerprint density at radius 1 is 1.21 bits per heavy atom. The first-order valence-electron chi connectivity index (χ1n) is 5.98. The fraction of sp³-hybridized carbons (Fsp3) is 0.133. The lowest BCUT2D eigenvalue weighted by molar-refractivity contribution is 0.517. The van der Waals surface area contributed by atoms with Crippen molar-refractivity contribution in [1.29, 1.82) is 0 Å². The molecule has 0 bridgehead atoms. The standard InChI is InChI=1S/C15H12FNO2/c1-10-5-6-14-13(7-10)17(15(18)19-14)9-11-3-2-4-12(16)8-11/h2-8H,9H2,1H3. The first-order chi connectivity index (χ1) is 9.13. The zero-order valence-electron chi connectivity index (χ0n) is 10.4. The van der Waals surface area contributed by atoms with Crippen molar-refractivity contribution in [2.24, 2.45) is 0 Å². The molecule has 96 valence electrons. The lowest BCUT2D eigenvalue weighted by Crippen LogP contribution is -2.14. The van der Waals surface area contributed by atoms with Crippen molar-refractivity contribution < 1.29 is 8.81 Å². The number of hydrogen-bond donors (Lipinski definition) is 0. The molecule has 4 heteroatoms. The summed E-state index contributed by atoms with van der Waals surface area (Å²) in [5.41, 5.74) is 3.05. The van der Waals surface area contributed by atoms with E-state index in [9.17, 15) is 9.18 Å². The molecule has 0 aliphatic heterocycles. The molecule has 0 aliphatic rings. The smallest absolute Gasteiger partial charge is 0.408 e. The van der Waals surface area contributed by atoms with Crippen molar-refractivity contribution >= 4 is 11.1 Å². The number of oxazole rings is 1. The molecule has 0 fully saturated rings. The van der Waals surface area contributed by atoms with E-state index in [1.807, 2.05) is 19.1 Å². The van der Waals surface area contributed by atoms with Gasteiger partial charge in [-0.2, -0.15) is 0 Å². The predicted molar refractivity (Wildman–Crippen MR) is 70.7 cm³/mol. The van der Waals surface area contributed by atoms with E-state index < -0.39 is 5.76 Å². The van der Waals surface area contributed by atoms with Gasteiger partial charge in [0, 0.05) is 0 Å². The van der Waals surface area contributed by atoms with Gasteiger partial charge in [-0.15, -0.1) is 0 Å². The number of aryl methyl sites for hydroxylation is 1. The monoisotopic (exact) mass is 257 g/mol. The molecule has 1 aromatic heterocycles. The topological polar surface area (TPSA) is 35.1 Å². The molecule has 19 heavy (non-hydrogen) atoms. The van der Waals surface area contributed by atoms with Crippen LogP contribution in [0.1, 0.15) is 11.1 Å². The van der Waals surface area contributed by atoms with Crippen LogP contribution in [0.25, 0.3) is 11.1 Å². The van der Waals surface area contributed by atoms with Crippen LogP contribution >= 0.6 is 0 Å². The Kier molecular flexibility index (Phi) is 2.71. The van der Waals surface area contributed by atoms with Crippen molar-refractivity contribution in [3.8, 4) is 0 Å². The van der Waals surface area contributed by atoms with Crippen molar-refractivity contribution in [2.75, 3.05) is 0 Å². The third-order valence-electron chi connectivity index (χ3n) is 3.05. The van der Waals surface area contributed by atoms with Gasteiger partial charge in [0.05, 0.1) is 12.1 Å². The van der Waals surface area contributed by atoms with Crippen LogP contribution in [-0.2, 0) is 6.54 Å². The van der Waals surface area contributed by atoms with Crippen LogP contribution in [0.4, 0.5) is 4.39 Å². The van der Waals surface area contributed by atoms with Crippen molar-refractivity contribution in [3.63, 3.8) is 0 Å². The third kappa shape index (κ3) is 2.17. The fourth-order valence-electron chi connectivity index (χ4n) is 2.14. The maximum absolute atomic E-state index is 13.2. The lowest BCUT2D eigenvalue weighted by Gasteiger charge is -2.03. The highest BCUT2D eigenvalue weighted by atomic mass is 19.1. The summed E-state index contributed by atoms with van der Waals surface area (Å²) in [5.74, 6) is -0.737. The van der Waals surface area contributed by atoms with Crippen molar-refractivity contribution in [2.45, 2.75) is 13.5 Å². The van der Waals surface area contributed by atoms with E-state index in [1.54, 1.807) is 18.2 Å². The first kappa shape index (κ1) is 11.7. The van der Waals surface area contributed by atoms with E-state index in [0.29, 0.717) is 12.1 Å². The van der Waals surface area contributed by atoms with Crippen LogP contribution in [0.2, 0.25) is 0 Å². The normalized spacial score (nSPS) is 11.1. The summed E-state index contributed by atoms with van der Waals surface area (Å²) in [6.45, 7) is 2.25. The molecular weight excluding hydrogens is 245 g/mol. The maximum Gasteiger partial charge on any atom is 0.420 e. The van der Waals surface area contributed by atoms with Gasteiger partial charge in [-0.05, 0) is 42.3 Å². The molecule has 0 saturated heterocycles. The Bertz CT molecular complexity index is 801. The van der Waals surface area contributed by atoms with Crippen LogP contribution in [0.3, 0.4) is 0 Å². The van der Waals surface area contributed by atoms with Gasteiger partial charge in [0.2, 0.25) is 0 Å². The Morgan fingerprint density at radius 2 is 2.05 bits per heavy atom. The summed E-state index contributed by atoms with van der Waals surface area (Å²) in [4.78, 5) is 11.8.